The quantitative estimate of drug-likeness (QED) is 0.151. The number of benzene rings is 1. The molecule has 0 radical (unpaired) electrons. The third-order valence-electron chi connectivity index (χ3n) is 5.04. The molecule has 0 bridgehead atoms. The number of sulfone groups is 1. The van der Waals surface area contributed by atoms with Crippen molar-refractivity contribution in [2.45, 2.75) is 18.6 Å². The van der Waals surface area contributed by atoms with Crippen LogP contribution in [-0.2, 0) is 9.84 Å². The summed E-state index contributed by atoms with van der Waals surface area (Å²) in [6, 6.07) is 12.4. The third kappa shape index (κ3) is 6.83. The summed E-state index contributed by atoms with van der Waals surface area (Å²) in [4.78, 5) is 22.9. The van der Waals surface area contributed by atoms with Gasteiger partial charge in [-0.3, -0.25) is 10.1 Å². The van der Waals surface area contributed by atoms with E-state index in [-0.39, 0.29) is 39.3 Å². The molecule has 0 fully saturated rings. The number of ether oxygens (including phenoxy) is 3. The predicted molar refractivity (Wildman–Crippen MR) is 136 cm³/mol. The van der Waals surface area contributed by atoms with E-state index >= 15 is 0 Å². The molecular formula is C26H18F2N4O7S. The maximum absolute atomic E-state index is 12.9. The van der Waals surface area contributed by atoms with Crippen LogP contribution in [0.3, 0.4) is 0 Å². The van der Waals surface area contributed by atoms with Gasteiger partial charge < -0.3 is 14.2 Å². The number of pyridine rings is 3. The number of nitro groups is 1. The van der Waals surface area contributed by atoms with Crippen molar-refractivity contribution in [1.29, 1.82) is 0 Å². The van der Waals surface area contributed by atoms with Gasteiger partial charge in [0.25, 0.3) is 11.6 Å². The Bertz CT molecular complexity index is 1690. The lowest BCUT2D eigenvalue weighted by atomic mass is 10.1. The monoisotopic (exact) mass is 568 g/mol. The van der Waals surface area contributed by atoms with E-state index in [2.05, 4.69) is 31.5 Å². The van der Waals surface area contributed by atoms with Gasteiger partial charge in [-0.1, -0.05) is 18.9 Å². The molecule has 0 aliphatic heterocycles. The van der Waals surface area contributed by atoms with Gasteiger partial charge >= 0.3 is 6.61 Å². The average molecular weight is 569 g/mol. The lowest BCUT2D eigenvalue weighted by Crippen LogP contribution is -2.06. The zero-order chi connectivity index (χ0) is 28.7. The molecule has 0 atom stereocenters. The second-order valence-electron chi connectivity index (χ2n) is 7.66. The number of hydrogen-bond donors (Lipinski definition) is 0. The molecule has 0 aliphatic carbocycles. The van der Waals surface area contributed by atoms with E-state index in [0.29, 0.717) is 5.69 Å². The first-order valence-electron chi connectivity index (χ1n) is 11.4. The first-order valence-corrected chi connectivity index (χ1v) is 13.0. The maximum atomic E-state index is 12.9. The summed E-state index contributed by atoms with van der Waals surface area (Å²) < 4.78 is 65.9. The summed E-state index contributed by atoms with van der Waals surface area (Å²) >= 11 is 0. The van der Waals surface area contributed by atoms with E-state index < -0.39 is 32.9 Å². The normalized spacial score (nSPS) is 10.9. The third-order valence-corrected chi connectivity index (χ3v) is 6.68. The first kappa shape index (κ1) is 27.9. The molecule has 4 rings (SSSR count). The molecule has 4 aromatic rings. The van der Waals surface area contributed by atoms with Gasteiger partial charge in [0.15, 0.2) is 32.1 Å². The van der Waals surface area contributed by atoms with Crippen molar-refractivity contribution < 1.29 is 36.3 Å². The zero-order valence-corrected chi connectivity index (χ0v) is 21.3. The van der Waals surface area contributed by atoms with Gasteiger partial charge in [0.2, 0.25) is 0 Å². The fourth-order valence-corrected chi connectivity index (χ4v) is 3.94. The van der Waals surface area contributed by atoms with Crippen molar-refractivity contribution in [3.05, 3.63) is 94.6 Å². The van der Waals surface area contributed by atoms with Crippen LogP contribution in [0.4, 0.5) is 14.5 Å². The molecule has 0 saturated carbocycles. The van der Waals surface area contributed by atoms with Crippen molar-refractivity contribution in [3.63, 3.8) is 0 Å². The van der Waals surface area contributed by atoms with E-state index in [0.717, 1.165) is 12.3 Å². The molecule has 3 aromatic heterocycles. The lowest BCUT2D eigenvalue weighted by Gasteiger charge is -2.15. The second kappa shape index (κ2) is 12.1. The molecule has 11 nitrogen and oxygen atoms in total. The fourth-order valence-electron chi connectivity index (χ4n) is 3.16. The number of hydrogen-bond acceptors (Lipinski definition) is 10. The van der Waals surface area contributed by atoms with Crippen molar-refractivity contribution in [1.82, 2.24) is 15.0 Å². The molecule has 0 saturated heterocycles. The summed E-state index contributed by atoms with van der Waals surface area (Å²) in [6.07, 6.45) is 3.84. The number of aromatic nitrogens is 3. The van der Waals surface area contributed by atoms with Crippen molar-refractivity contribution in [2.75, 3.05) is 5.75 Å². The van der Waals surface area contributed by atoms with Crippen molar-refractivity contribution in [2.24, 2.45) is 0 Å². The van der Waals surface area contributed by atoms with Gasteiger partial charge in [0.05, 0.1) is 22.9 Å². The molecule has 0 aliphatic rings. The molecule has 0 N–H and O–H groups in total. The standard InChI is InChI=1S/C26H18F2N4O7S/c1-2-40(35,36)24-11-10-19(16-31-24)37-22-14-17(8-9-18-6-3-4-12-29-18)20(32(33)34)15-23(22)38-21-7-5-13-30-25(21)39-26(27)28/h3-7,10-16,26H,2H2,1H3. The Morgan fingerprint density at radius 2 is 1.73 bits per heavy atom. The highest BCUT2D eigenvalue weighted by molar-refractivity contribution is 7.91. The smallest absolute Gasteiger partial charge is 0.388 e. The van der Waals surface area contributed by atoms with Crippen LogP contribution in [0.5, 0.6) is 28.9 Å². The minimum absolute atomic E-state index is 0.0487. The lowest BCUT2D eigenvalue weighted by molar-refractivity contribution is -0.385. The zero-order valence-electron chi connectivity index (χ0n) is 20.5. The summed E-state index contributed by atoms with van der Waals surface area (Å²) in [5.74, 6) is 4.04. The van der Waals surface area contributed by atoms with Crippen molar-refractivity contribution in [3.8, 4) is 40.7 Å². The predicted octanol–water partition coefficient (Wildman–Crippen LogP) is 5.16. The number of nitrogens with zero attached hydrogens (tertiary/aromatic N) is 4. The molecule has 3 heterocycles. The van der Waals surface area contributed by atoms with E-state index in [1.54, 1.807) is 18.2 Å². The van der Waals surface area contributed by atoms with Gasteiger partial charge in [-0.15, -0.1) is 0 Å². The molecule has 1 aromatic carbocycles. The molecular weight excluding hydrogens is 550 g/mol. The fraction of sp³-hybridized carbons (Fsp3) is 0.115. The Balaban J connectivity index is 1.81. The van der Waals surface area contributed by atoms with Gasteiger partial charge in [-0.2, -0.15) is 8.78 Å². The van der Waals surface area contributed by atoms with Gasteiger partial charge in [0, 0.05) is 18.5 Å². The maximum Gasteiger partial charge on any atom is 0.388 e. The molecule has 0 spiro atoms. The van der Waals surface area contributed by atoms with Gasteiger partial charge in [-0.05, 0) is 42.3 Å². The molecule has 204 valence electrons. The Kier molecular flexibility index (Phi) is 8.45. The van der Waals surface area contributed by atoms with Crippen LogP contribution in [0.1, 0.15) is 18.2 Å². The first-order chi connectivity index (χ1) is 19.2. The minimum atomic E-state index is -3.58. The Morgan fingerprint density at radius 3 is 2.38 bits per heavy atom. The van der Waals surface area contributed by atoms with Crippen LogP contribution < -0.4 is 14.2 Å². The molecule has 40 heavy (non-hydrogen) atoms. The highest BCUT2D eigenvalue weighted by Gasteiger charge is 2.23. The van der Waals surface area contributed by atoms with E-state index in [9.17, 15) is 27.3 Å². The highest BCUT2D eigenvalue weighted by atomic mass is 32.2. The van der Waals surface area contributed by atoms with E-state index in [4.69, 9.17) is 9.47 Å². The van der Waals surface area contributed by atoms with Crippen LogP contribution in [0.25, 0.3) is 0 Å². The number of alkyl halides is 2. The molecule has 0 unspecified atom stereocenters. The van der Waals surface area contributed by atoms with Gasteiger partial charge in [0.1, 0.15) is 17.0 Å². The Morgan fingerprint density at radius 1 is 0.950 bits per heavy atom. The van der Waals surface area contributed by atoms with Crippen LogP contribution in [0.15, 0.2) is 78.2 Å². The summed E-state index contributed by atoms with van der Waals surface area (Å²) in [6.45, 7) is -1.74. The largest absolute Gasteiger partial charge is 0.452 e. The molecule has 0 amide bonds. The summed E-state index contributed by atoms with van der Waals surface area (Å²) in [7, 11) is -3.58. The number of rotatable bonds is 9. The summed E-state index contributed by atoms with van der Waals surface area (Å²) in [5, 5.41) is 11.7. The van der Waals surface area contributed by atoms with E-state index in [1.165, 1.54) is 49.6 Å². The summed E-state index contributed by atoms with van der Waals surface area (Å²) in [5.41, 5.74) is -0.208. The Hall–Kier alpha value is -5.16. The van der Waals surface area contributed by atoms with Crippen LogP contribution in [0.2, 0.25) is 0 Å². The van der Waals surface area contributed by atoms with E-state index in [1.807, 2.05) is 0 Å². The SMILES string of the molecule is CCS(=O)(=O)c1ccc(Oc2cc(C#Cc3ccccn3)c([N+](=O)[O-])cc2Oc2cccnc2OC(F)F)cn1. The van der Waals surface area contributed by atoms with Crippen LogP contribution in [-0.4, -0.2) is 40.7 Å². The minimum Gasteiger partial charge on any atom is -0.452 e. The number of halogens is 2. The number of nitro benzene ring substituents is 1. The highest BCUT2D eigenvalue weighted by Crippen LogP contribution is 2.41. The van der Waals surface area contributed by atoms with Crippen molar-refractivity contribution >= 4 is 15.5 Å². The topological polar surface area (TPSA) is 144 Å². The van der Waals surface area contributed by atoms with Gasteiger partial charge in [-0.25, -0.2) is 23.4 Å². The molecule has 14 heteroatoms. The second-order valence-corrected chi connectivity index (χ2v) is 9.89. The van der Waals surface area contributed by atoms with Crippen LogP contribution >= 0.6 is 0 Å². The Labute approximate surface area is 226 Å². The van der Waals surface area contributed by atoms with Crippen LogP contribution in [0, 0.1) is 22.0 Å². The average Bonchev–Trinajstić information content (AvgIpc) is 2.94.